The van der Waals surface area contributed by atoms with E-state index >= 15 is 0 Å². The van der Waals surface area contributed by atoms with Crippen molar-refractivity contribution in [2.45, 2.75) is 62.6 Å². The second-order valence-electron chi connectivity index (χ2n) is 9.14. The summed E-state index contributed by atoms with van der Waals surface area (Å²) in [5.41, 5.74) is 0. The van der Waals surface area contributed by atoms with Crippen LogP contribution in [0.25, 0.3) is 0 Å². The topological polar surface area (TPSA) is 64.2 Å². The normalized spacial score (nSPS) is 31.1. The monoisotopic (exact) mass is 434 g/mol. The number of amides is 1. The molecule has 4 aliphatic rings. The molecule has 0 N–H and O–H groups in total. The SMILES string of the molecule is CS(=O)(=O)N1CC(N2CC(F)(F)C[C@H]2C(=O)N2CCC(N3CCCCC3)CC2)C1. The van der Waals surface area contributed by atoms with E-state index in [4.69, 9.17) is 0 Å². The first-order chi connectivity index (χ1) is 13.6. The maximum Gasteiger partial charge on any atom is 0.262 e. The van der Waals surface area contributed by atoms with Crippen molar-refractivity contribution in [3.8, 4) is 0 Å². The zero-order valence-electron chi connectivity index (χ0n) is 17.1. The summed E-state index contributed by atoms with van der Waals surface area (Å²) in [6, 6.07) is -0.656. The van der Waals surface area contributed by atoms with Crippen LogP contribution in [0.3, 0.4) is 0 Å². The number of likely N-dealkylation sites (tertiary alicyclic amines) is 3. The zero-order chi connectivity index (χ0) is 20.8. The molecule has 166 valence electrons. The van der Waals surface area contributed by atoms with Crippen molar-refractivity contribution in [3.05, 3.63) is 0 Å². The lowest BCUT2D eigenvalue weighted by Gasteiger charge is -2.45. The van der Waals surface area contributed by atoms with E-state index in [1.54, 1.807) is 9.80 Å². The fourth-order valence-corrected chi connectivity index (χ4v) is 6.18. The van der Waals surface area contributed by atoms with Gasteiger partial charge >= 0.3 is 0 Å². The van der Waals surface area contributed by atoms with Crippen LogP contribution in [0.5, 0.6) is 0 Å². The molecule has 4 fully saturated rings. The van der Waals surface area contributed by atoms with Gasteiger partial charge in [0.2, 0.25) is 15.9 Å². The lowest BCUT2D eigenvalue weighted by atomic mass is 9.99. The molecule has 7 nitrogen and oxygen atoms in total. The number of piperidine rings is 2. The minimum absolute atomic E-state index is 0.190. The van der Waals surface area contributed by atoms with Crippen LogP contribution in [-0.4, -0.2) is 109 Å². The number of alkyl halides is 2. The number of hydrogen-bond acceptors (Lipinski definition) is 5. The van der Waals surface area contributed by atoms with Gasteiger partial charge in [0.05, 0.1) is 18.8 Å². The van der Waals surface area contributed by atoms with Gasteiger partial charge < -0.3 is 9.80 Å². The molecule has 1 amide bonds. The average Bonchev–Trinajstić information content (AvgIpc) is 2.95. The Balaban J connectivity index is 1.35. The van der Waals surface area contributed by atoms with Crippen LogP contribution in [0.4, 0.5) is 8.78 Å². The van der Waals surface area contributed by atoms with E-state index in [2.05, 4.69) is 4.90 Å². The van der Waals surface area contributed by atoms with Gasteiger partial charge in [0.25, 0.3) is 5.92 Å². The highest BCUT2D eigenvalue weighted by Crippen LogP contribution is 2.37. The summed E-state index contributed by atoms with van der Waals surface area (Å²) in [4.78, 5) is 18.9. The maximum absolute atomic E-state index is 14.2. The molecule has 4 saturated heterocycles. The standard InChI is InChI=1S/C19H32F2N4O3S/c1-29(27,28)24-12-16(13-24)25-14-19(20,21)11-17(25)18(26)23-9-5-15(6-10-23)22-7-3-2-4-8-22/h15-17H,2-14H2,1H3/t17-/m0/s1. The molecule has 0 bridgehead atoms. The first-order valence-corrected chi connectivity index (χ1v) is 12.6. The zero-order valence-corrected chi connectivity index (χ0v) is 17.9. The maximum atomic E-state index is 14.2. The van der Waals surface area contributed by atoms with Gasteiger partial charge in [-0.15, -0.1) is 0 Å². The Hall–Kier alpha value is -0.840. The van der Waals surface area contributed by atoms with Crippen LogP contribution in [0.1, 0.15) is 38.5 Å². The Morgan fingerprint density at radius 3 is 2.17 bits per heavy atom. The van der Waals surface area contributed by atoms with Crippen LogP contribution in [0, 0.1) is 0 Å². The van der Waals surface area contributed by atoms with Crippen molar-refractivity contribution in [2.75, 3.05) is 52.1 Å². The molecule has 0 unspecified atom stereocenters. The van der Waals surface area contributed by atoms with Gasteiger partial charge in [-0.1, -0.05) is 6.42 Å². The molecule has 1 atom stereocenters. The number of halogens is 2. The predicted octanol–water partition coefficient (Wildman–Crippen LogP) is 0.817. The van der Waals surface area contributed by atoms with Gasteiger partial charge in [-0.25, -0.2) is 17.2 Å². The van der Waals surface area contributed by atoms with Crippen molar-refractivity contribution in [1.29, 1.82) is 0 Å². The van der Waals surface area contributed by atoms with E-state index in [1.165, 1.54) is 23.6 Å². The first-order valence-electron chi connectivity index (χ1n) is 10.8. The van der Waals surface area contributed by atoms with Crippen molar-refractivity contribution >= 4 is 15.9 Å². The molecule has 0 saturated carbocycles. The quantitative estimate of drug-likeness (QED) is 0.656. The molecule has 4 aliphatic heterocycles. The number of hydrogen-bond donors (Lipinski definition) is 0. The van der Waals surface area contributed by atoms with Crippen LogP contribution in [0.15, 0.2) is 0 Å². The van der Waals surface area contributed by atoms with Gasteiger partial charge in [-0.3, -0.25) is 9.69 Å². The molecule has 10 heteroatoms. The molecule has 0 aliphatic carbocycles. The lowest BCUT2D eigenvalue weighted by Crippen LogP contribution is -2.63. The first kappa shape index (κ1) is 21.4. The van der Waals surface area contributed by atoms with Gasteiger partial charge in [-0.05, 0) is 38.8 Å². The van der Waals surface area contributed by atoms with E-state index < -0.39 is 35.0 Å². The number of carbonyl (C=O) groups is 1. The highest BCUT2D eigenvalue weighted by molar-refractivity contribution is 7.88. The molecule has 4 rings (SSSR count). The molecule has 4 heterocycles. The van der Waals surface area contributed by atoms with E-state index in [-0.39, 0.29) is 25.0 Å². The van der Waals surface area contributed by atoms with Gasteiger partial charge in [-0.2, -0.15) is 4.31 Å². The Morgan fingerprint density at radius 1 is 0.966 bits per heavy atom. The van der Waals surface area contributed by atoms with Gasteiger partial charge in [0.15, 0.2) is 0 Å². The highest BCUT2D eigenvalue weighted by Gasteiger charge is 2.54. The third-order valence-corrected chi connectivity index (χ3v) is 8.28. The van der Waals surface area contributed by atoms with Crippen LogP contribution >= 0.6 is 0 Å². The summed E-state index contributed by atoms with van der Waals surface area (Å²) in [5.74, 6) is -3.12. The molecule has 0 aromatic rings. The van der Waals surface area contributed by atoms with E-state index in [0.29, 0.717) is 19.1 Å². The molecule has 29 heavy (non-hydrogen) atoms. The van der Waals surface area contributed by atoms with Crippen molar-refractivity contribution in [3.63, 3.8) is 0 Å². The summed E-state index contributed by atoms with van der Waals surface area (Å²) in [6.45, 7) is 3.41. The summed E-state index contributed by atoms with van der Waals surface area (Å²) in [7, 11) is -3.31. The fourth-order valence-electron chi connectivity index (χ4n) is 5.30. The van der Waals surface area contributed by atoms with Crippen molar-refractivity contribution in [1.82, 2.24) is 19.0 Å². The third-order valence-electron chi connectivity index (χ3n) is 7.04. The molecule has 0 aromatic heterocycles. The minimum Gasteiger partial charge on any atom is -0.341 e. The molecule has 0 aromatic carbocycles. The Labute approximate surface area is 172 Å². The van der Waals surface area contributed by atoms with Gasteiger partial charge in [0, 0.05) is 44.7 Å². The average molecular weight is 435 g/mol. The molecular formula is C19H32F2N4O3S. The third kappa shape index (κ3) is 4.60. The smallest absolute Gasteiger partial charge is 0.262 e. The number of nitrogens with zero attached hydrogens (tertiary/aromatic N) is 4. The second kappa shape index (κ2) is 8.01. The highest BCUT2D eigenvalue weighted by atomic mass is 32.2. The summed E-state index contributed by atoms with van der Waals surface area (Å²) in [5, 5.41) is 0. The van der Waals surface area contributed by atoms with E-state index in [1.807, 2.05) is 0 Å². The molecular weight excluding hydrogens is 402 g/mol. The minimum atomic E-state index is -3.31. The summed E-state index contributed by atoms with van der Waals surface area (Å²) in [6.07, 6.45) is 6.22. The summed E-state index contributed by atoms with van der Waals surface area (Å²) >= 11 is 0. The molecule has 0 radical (unpaired) electrons. The Morgan fingerprint density at radius 2 is 1.59 bits per heavy atom. The number of carbonyl (C=O) groups excluding carboxylic acids is 1. The second-order valence-corrected chi connectivity index (χ2v) is 11.1. The number of rotatable bonds is 4. The van der Waals surface area contributed by atoms with Crippen LogP contribution in [-0.2, 0) is 14.8 Å². The van der Waals surface area contributed by atoms with Crippen LogP contribution < -0.4 is 0 Å². The van der Waals surface area contributed by atoms with Crippen LogP contribution in [0.2, 0.25) is 0 Å². The lowest BCUT2D eigenvalue weighted by molar-refractivity contribution is -0.139. The van der Waals surface area contributed by atoms with E-state index in [9.17, 15) is 22.0 Å². The largest absolute Gasteiger partial charge is 0.341 e. The Kier molecular flexibility index (Phi) is 5.91. The van der Waals surface area contributed by atoms with Crippen molar-refractivity contribution < 1.29 is 22.0 Å². The number of sulfonamides is 1. The van der Waals surface area contributed by atoms with Gasteiger partial charge in [0.1, 0.15) is 0 Å². The summed E-state index contributed by atoms with van der Waals surface area (Å²) < 4.78 is 52.8. The predicted molar refractivity (Wildman–Crippen MR) is 105 cm³/mol. The Bertz CT molecular complexity index is 715. The molecule has 0 spiro atoms. The van der Waals surface area contributed by atoms with E-state index in [0.717, 1.165) is 32.2 Å². The fraction of sp³-hybridized carbons (Fsp3) is 0.947. The van der Waals surface area contributed by atoms with Crippen molar-refractivity contribution in [2.24, 2.45) is 0 Å².